The third-order valence-corrected chi connectivity index (χ3v) is 5.30. The first-order chi connectivity index (χ1) is 9.81. The van der Waals surface area contributed by atoms with Crippen LogP contribution in [0.3, 0.4) is 0 Å². The number of nitro groups is 1. The Hall–Kier alpha value is -0.930. The van der Waals surface area contributed by atoms with E-state index in [2.05, 4.69) is 10.0 Å². The molecule has 10 heteroatoms. The summed E-state index contributed by atoms with van der Waals surface area (Å²) < 4.78 is 27.4. The molecule has 0 amide bonds. The van der Waals surface area contributed by atoms with E-state index in [-0.39, 0.29) is 29.4 Å². The molecule has 2 unspecified atom stereocenters. The van der Waals surface area contributed by atoms with Crippen LogP contribution in [0.2, 0.25) is 5.02 Å². The van der Waals surface area contributed by atoms with Crippen LogP contribution in [-0.4, -0.2) is 32.5 Å². The molecule has 2 atom stereocenters. The van der Waals surface area contributed by atoms with Gasteiger partial charge in [-0.2, -0.15) is 0 Å². The summed E-state index contributed by atoms with van der Waals surface area (Å²) in [5.74, 6) is 0.152. The highest BCUT2D eigenvalue weighted by atomic mass is 35.5. The van der Waals surface area contributed by atoms with Crippen molar-refractivity contribution in [3.8, 4) is 0 Å². The van der Waals surface area contributed by atoms with Crippen LogP contribution in [0.15, 0.2) is 23.1 Å². The van der Waals surface area contributed by atoms with Gasteiger partial charge in [0.05, 0.1) is 4.92 Å². The lowest BCUT2D eigenvalue weighted by Gasteiger charge is -2.29. The standard InChI is InChI=1S/C12H16ClN3O4S.ClH/c1-8-4-5-14-7-10(8)15-21(19,20)12-6-9(13)2-3-11(12)16(17)18;/h2-3,6,8,10,14-15H,4-5,7H2,1H3;1H. The highest BCUT2D eigenvalue weighted by Gasteiger charge is 2.31. The number of hydrogen-bond acceptors (Lipinski definition) is 5. The lowest BCUT2D eigenvalue weighted by molar-refractivity contribution is -0.387. The van der Waals surface area contributed by atoms with Gasteiger partial charge in [-0.1, -0.05) is 18.5 Å². The van der Waals surface area contributed by atoms with Crippen molar-refractivity contribution in [2.45, 2.75) is 24.3 Å². The molecule has 0 bridgehead atoms. The Morgan fingerprint density at radius 3 is 2.73 bits per heavy atom. The Labute approximate surface area is 140 Å². The molecule has 0 aliphatic carbocycles. The fourth-order valence-electron chi connectivity index (χ4n) is 2.26. The van der Waals surface area contributed by atoms with Gasteiger partial charge in [-0.25, -0.2) is 13.1 Å². The summed E-state index contributed by atoms with van der Waals surface area (Å²) in [5.41, 5.74) is -0.483. The van der Waals surface area contributed by atoms with Crippen molar-refractivity contribution in [3.05, 3.63) is 33.3 Å². The highest BCUT2D eigenvalue weighted by molar-refractivity contribution is 7.89. The van der Waals surface area contributed by atoms with Crippen LogP contribution in [-0.2, 0) is 10.0 Å². The number of sulfonamides is 1. The van der Waals surface area contributed by atoms with Gasteiger partial charge in [-0.15, -0.1) is 12.4 Å². The number of nitro benzene ring substituents is 1. The number of hydrogen-bond donors (Lipinski definition) is 2. The molecule has 0 aromatic heterocycles. The summed E-state index contributed by atoms with van der Waals surface area (Å²) >= 11 is 5.77. The molecule has 2 N–H and O–H groups in total. The molecule has 1 aromatic carbocycles. The van der Waals surface area contributed by atoms with Crippen LogP contribution in [0.1, 0.15) is 13.3 Å². The third kappa shape index (κ3) is 4.30. The van der Waals surface area contributed by atoms with Crippen molar-refractivity contribution in [1.82, 2.24) is 10.0 Å². The van der Waals surface area contributed by atoms with Crippen molar-refractivity contribution >= 4 is 39.7 Å². The number of piperidine rings is 1. The van der Waals surface area contributed by atoms with E-state index in [0.717, 1.165) is 25.1 Å². The van der Waals surface area contributed by atoms with Gasteiger partial charge in [0, 0.05) is 23.7 Å². The summed E-state index contributed by atoms with van der Waals surface area (Å²) in [6.07, 6.45) is 0.838. The summed E-state index contributed by atoms with van der Waals surface area (Å²) in [7, 11) is -4.01. The van der Waals surface area contributed by atoms with Crippen molar-refractivity contribution in [3.63, 3.8) is 0 Å². The van der Waals surface area contributed by atoms with E-state index in [9.17, 15) is 18.5 Å². The van der Waals surface area contributed by atoms with E-state index in [1.54, 1.807) is 0 Å². The summed E-state index contributed by atoms with van der Waals surface area (Å²) in [4.78, 5) is 9.86. The normalized spacial score (nSPS) is 21.9. The molecular formula is C12H17Cl2N3O4S. The molecule has 124 valence electrons. The first kappa shape index (κ1) is 19.1. The SMILES string of the molecule is CC1CCNCC1NS(=O)(=O)c1cc(Cl)ccc1[N+](=O)[O-].Cl. The largest absolute Gasteiger partial charge is 0.315 e. The van der Waals surface area contributed by atoms with Crippen molar-refractivity contribution in [2.75, 3.05) is 13.1 Å². The molecule has 7 nitrogen and oxygen atoms in total. The Morgan fingerprint density at radius 2 is 2.14 bits per heavy atom. The lowest BCUT2D eigenvalue weighted by atomic mass is 9.96. The Kier molecular flexibility index (Phi) is 6.57. The van der Waals surface area contributed by atoms with Gasteiger partial charge in [0.1, 0.15) is 0 Å². The molecule has 2 rings (SSSR count). The van der Waals surface area contributed by atoms with Crippen LogP contribution in [0, 0.1) is 16.0 Å². The van der Waals surface area contributed by atoms with Gasteiger partial charge in [0.2, 0.25) is 10.0 Å². The van der Waals surface area contributed by atoms with Gasteiger partial charge in [-0.3, -0.25) is 10.1 Å². The Morgan fingerprint density at radius 1 is 1.45 bits per heavy atom. The predicted octanol–water partition coefficient (Wildman–Crippen LogP) is 1.95. The number of nitrogens with zero attached hydrogens (tertiary/aromatic N) is 1. The average Bonchev–Trinajstić information content (AvgIpc) is 2.41. The number of rotatable bonds is 4. The molecule has 1 aliphatic heterocycles. The summed E-state index contributed by atoms with van der Waals surface area (Å²) in [5, 5.41) is 14.2. The maximum absolute atomic E-state index is 12.4. The van der Waals surface area contributed by atoms with Crippen molar-refractivity contribution in [1.29, 1.82) is 0 Å². The minimum absolute atomic E-state index is 0. The van der Waals surface area contributed by atoms with Gasteiger partial charge in [-0.05, 0) is 31.0 Å². The second-order valence-electron chi connectivity index (χ2n) is 5.07. The van der Waals surface area contributed by atoms with Gasteiger partial charge in [0.15, 0.2) is 4.90 Å². The number of benzene rings is 1. The maximum atomic E-state index is 12.4. The summed E-state index contributed by atoms with van der Waals surface area (Å²) in [6.45, 7) is 3.27. The number of nitrogens with one attached hydrogen (secondary N) is 2. The molecule has 0 spiro atoms. The smallest absolute Gasteiger partial charge is 0.289 e. The van der Waals surface area contributed by atoms with Gasteiger partial charge >= 0.3 is 0 Å². The zero-order valence-electron chi connectivity index (χ0n) is 11.8. The van der Waals surface area contributed by atoms with Crippen molar-refractivity contribution < 1.29 is 13.3 Å². The molecule has 0 radical (unpaired) electrons. The van der Waals surface area contributed by atoms with Crippen molar-refractivity contribution in [2.24, 2.45) is 5.92 Å². The highest BCUT2D eigenvalue weighted by Crippen LogP contribution is 2.27. The lowest BCUT2D eigenvalue weighted by Crippen LogP contribution is -2.50. The second-order valence-corrected chi connectivity index (χ2v) is 7.19. The van der Waals surface area contributed by atoms with E-state index >= 15 is 0 Å². The molecular weight excluding hydrogens is 353 g/mol. The van der Waals surface area contributed by atoms with E-state index in [0.29, 0.717) is 6.54 Å². The van der Waals surface area contributed by atoms with Crippen LogP contribution in [0.5, 0.6) is 0 Å². The van der Waals surface area contributed by atoms with Crippen LogP contribution < -0.4 is 10.0 Å². The van der Waals surface area contributed by atoms with E-state index < -0.39 is 25.5 Å². The third-order valence-electron chi connectivity index (χ3n) is 3.54. The van der Waals surface area contributed by atoms with Crippen LogP contribution >= 0.6 is 24.0 Å². The summed E-state index contributed by atoms with van der Waals surface area (Å²) in [6, 6.07) is 3.19. The molecule has 22 heavy (non-hydrogen) atoms. The Balaban J connectivity index is 0.00000242. The minimum Gasteiger partial charge on any atom is -0.315 e. The van der Waals surface area contributed by atoms with Crippen LogP contribution in [0.25, 0.3) is 0 Å². The zero-order chi connectivity index (χ0) is 15.6. The predicted molar refractivity (Wildman–Crippen MR) is 86.1 cm³/mol. The average molecular weight is 370 g/mol. The zero-order valence-corrected chi connectivity index (χ0v) is 14.2. The first-order valence-corrected chi connectivity index (χ1v) is 8.34. The van der Waals surface area contributed by atoms with Gasteiger partial charge < -0.3 is 5.32 Å². The minimum atomic E-state index is -4.01. The quantitative estimate of drug-likeness (QED) is 0.623. The molecule has 1 aliphatic rings. The monoisotopic (exact) mass is 369 g/mol. The molecule has 1 saturated heterocycles. The fraction of sp³-hybridized carbons (Fsp3) is 0.500. The molecule has 1 fully saturated rings. The molecule has 1 heterocycles. The second kappa shape index (κ2) is 7.56. The molecule has 0 saturated carbocycles. The fourth-order valence-corrected chi connectivity index (χ4v) is 4.04. The van der Waals surface area contributed by atoms with E-state index in [1.165, 1.54) is 6.07 Å². The maximum Gasteiger partial charge on any atom is 0.289 e. The van der Waals surface area contributed by atoms with Crippen LogP contribution in [0.4, 0.5) is 5.69 Å². The van der Waals surface area contributed by atoms with Gasteiger partial charge in [0.25, 0.3) is 5.69 Å². The van der Waals surface area contributed by atoms with E-state index in [1.807, 2.05) is 6.92 Å². The van der Waals surface area contributed by atoms with E-state index in [4.69, 9.17) is 11.6 Å². The number of halogens is 2. The topological polar surface area (TPSA) is 101 Å². The first-order valence-electron chi connectivity index (χ1n) is 6.48. The Bertz CT molecular complexity index is 654. The molecule has 1 aromatic rings.